The molecule has 3 rings (SSSR count). The molecule has 2 aliphatic rings. The molecule has 22 heavy (non-hydrogen) atoms. The van der Waals surface area contributed by atoms with Crippen molar-refractivity contribution in [2.75, 3.05) is 26.3 Å². The van der Waals surface area contributed by atoms with Crippen molar-refractivity contribution in [1.29, 1.82) is 0 Å². The Balaban J connectivity index is 1.63. The molecule has 2 amide bonds. The van der Waals surface area contributed by atoms with E-state index in [4.69, 9.17) is 4.74 Å². The quantitative estimate of drug-likeness (QED) is 0.846. The number of carbonyl (C=O) groups excluding carboxylic acids is 1. The van der Waals surface area contributed by atoms with E-state index in [0.717, 1.165) is 0 Å². The van der Waals surface area contributed by atoms with Crippen LogP contribution in [0.2, 0.25) is 0 Å². The Labute approximate surface area is 126 Å². The lowest BCUT2D eigenvalue weighted by Crippen LogP contribution is -2.43. The molecule has 1 aromatic heterocycles. The monoisotopic (exact) mass is 309 g/mol. The first kappa shape index (κ1) is 14.7. The van der Waals surface area contributed by atoms with Gasteiger partial charge in [-0.25, -0.2) is 9.18 Å². The number of fused-ring (bicyclic) bond motifs is 1. The van der Waals surface area contributed by atoms with Gasteiger partial charge >= 0.3 is 12.0 Å². The fourth-order valence-electron chi connectivity index (χ4n) is 3.01. The van der Waals surface area contributed by atoms with Crippen LogP contribution in [0.4, 0.5) is 9.18 Å². The molecule has 2 fully saturated rings. The largest absolute Gasteiger partial charge is 0.481 e. The highest BCUT2D eigenvalue weighted by atomic mass is 19.1. The summed E-state index contributed by atoms with van der Waals surface area (Å²) < 4.78 is 18.7. The van der Waals surface area contributed by atoms with Crippen LogP contribution in [-0.4, -0.2) is 53.3 Å². The smallest absolute Gasteiger partial charge is 0.317 e. The first-order valence-corrected chi connectivity index (χ1v) is 6.96. The molecule has 1 aromatic rings. The van der Waals surface area contributed by atoms with E-state index < -0.39 is 23.2 Å². The van der Waals surface area contributed by atoms with Gasteiger partial charge in [-0.2, -0.15) is 0 Å². The summed E-state index contributed by atoms with van der Waals surface area (Å²) in [5, 5.41) is 12.0. The van der Waals surface area contributed by atoms with E-state index >= 15 is 0 Å². The molecule has 2 aliphatic heterocycles. The molecular weight excluding hydrogens is 293 g/mol. The van der Waals surface area contributed by atoms with E-state index in [1.807, 2.05) is 0 Å². The van der Waals surface area contributed by atoms with E-state index in [1.54, 1.807) is 0 Å². The summed E-state index contributed by atoms with van der Waals surface area (Å²) in [7, 11) is 0. The topological polar surface area (TPSA) is 91.8 Å². The normalized spacial score (nSPS) is 26.8. The fourth-order valence-corrected chi connectivity index (χ4v) is 3.01. The third-order valence-corrected chi connectivity index (χ3v) is 4.33. The summed E-state index contributed by atoms with van der Waals surface area (Å²) in [5.74, 6) is -1.64. The van der Waals surface area contributed by atoms with Gasteiger partial charge in [0.2, 0.25) is 0 Å². The lowest BCUT2D eigenvalue weighted by Gasteiger charge is -2.22. The molecule has 0 aromatic carbocycles. The number of carbonyl (C=O) groups is 2. The zero-order valence-electron chi connectivity index (χ0n) is 11.8. The minimum absolute atomic E-state index is 0.0384. The van der Waals surface area contributed by atoms with Crippen LogP contribution in [0, 0.1) is 17.2 Å². The van der Waals surface area contributed by atoms with Gasteiger partial charge in [0.15, 0.2) is 0 Å². The van der Waals surface area contributed by atoms with Crippen molar-refractivity contribution in [2.24, 2.45) is 11.3 Å². The van der Waals surface area contributed by atoms with Gasteiger partial charge in [-0.15, -0.1) is 0 Å². The van der Waals surface area contributed by atoms with Crippen molar-refractivity contribution in [3.8, 4) is 0 Å². The maximum Gasteiger partial charge on any atom is 0.317 e. The number of halogens is 1. The highest BCUT2D eigenvalue weighted by molar-refractivity contribution is 5.80. The third kappa shape index (κ3) is 2.39. The molecule has 3 heterocycles. The zero-order valence-corrected chi connectivity index (χ0v) is 11.8. The second kappa shape index (κ2) is 5.53. The summed E-state index contributed by atoms with van der Waals surface area (Å²) in [5.41, 5.74) is -0.875. The summed E-state index contributed by atoms with van der Waals surface area (Å²) in [4.78, 5) is 29.0. The van der Waals surface area contributed by atoms with Gasteiger partial charge in [0.25, 0.3) is 0 Å². The van der Waals surface area contributed by atoms with Crippen LogP contribution in [0.25, 0.3) is 0 Å². The third-order valence-electron chi connectivity index (χ3n) is 4.33. The number of hydrogen-bond acceptors (Lipinski definition) is 4. The standard InChI is InChI=1S/C14H16FN3O4/c15-10-2-1-3-16-11(10)4-17-13(21)18-5-9-6-22-8-14(9,7-18)12(19)20/h1-3,9H,4-8H2,(H,17,21)(H,19,20)/t9-,14-/m1/s1. The summed E-state index contributed by atoms with van der Waals surface area (Å²) in [6.07, 6.45) is 1.45. The lowest BCUT2D eigenvalue weighted by molar-refractivity contribution is -0.149. The summed E-state index contributed by atoms with van der Waals surface area (Å²) in [6, 6.07) is 2.32. The van der Waals surface area contributed by atoms with Gasteiger partial charge < -0.3 is 20.1 Å². The number of hydrogen-bond donors (Lipinski definition) is 2. The van der Waals surface area contributed by atoms with Crippen molar-refractivity contribution in [1.82, 2.24) is 15.2 Å². The number of pyridine rings is 1. The highest BCUT2D eigenvalue weighted by Crippen LogP contribution is 2.41. The molecule has 2 saturated heterocycles. The zero-order chi connectivity index (χ0) is 15.7. The Bertz CT molecular complexity index is 612. The number of rotatable bonds is 3. The van der Waals surface area contributed by atoms with Gasteiger partial charge in [-0.3, -0.25) is 9.78 Å². The van der Waals surface area contributed by atoms with Crippen molar-refractivity contribution in [3.05, 3.63) is 29.8 Å². The molecule has 7 nitrogen and oxygen atoms in total. The van der Waals surface area contributed by atoms with E-state index in [-0.39, 0.29) is 31.3 Å². The number of carboxylic acid groups (broad SMARTS) is 1. The van der Waals surface area contributed by atoms with Crippen LogP contribution in [0.1, 0.15) is 5.69 Å². The maximum atomic E-state index is 13.5. The average molecular weight is 309 g/mol. The highest BCUT2D eigenvalue weighted by Gasteiger charge is 2.57. The molecule has 0 spiro atoms. The fraction of sp³-hybridized carbons (Fsp3) is 0.500. The molecule has 0 aliphatic carbocycles. The van der Waals surface area contributed by atoms with Crippen LogP contribution in [0.5, 0.6) is 0 Å². The van der Waals surface area contributed by atoms with Gasteiger partial charge in [-0.1, -0.05) is 0 Å². The summed E-state index contributed by atoms with van der Waals surface area (Å²) in [6.45, 7) is 0.839. The Kier molecular flexibility index (Phi) is 3.69. The Morgan fingerprint density at radius 2 is 2.41 bits per heavy atom. The van der Waals surface area contributed by atoms with Crippen molar-refractivity contribution in [2.45, 2.75) is 6.54 Å². The van der Waals surface area contributed by atoms with E-state index in [2.05, 4.69) is 10.3 Å². The predicted molar refractivity (Wildman–Crippen MR) is 72.4 cm³/mol. The number of nitrogens with one attached hydrogen (secondary N) is 1. The van der Waals surface area contributed by atoms with E-state index in [1.165, 1.54) is 23.2 Å². The Morgan fingerprint density at radius 3 is 3.09 bits per heavy atom. The number of ether oxygens (including phenoxy) is 1. The number of likely N-dealkylation sites (tertiary alicyclic amines) is 1. The maximum absolute atomic E-state index is 13.5. The minimum atomic E-state index is -1.02. The lowest BCUT2D eigenvalue weighted by atomic mass is 9.81. The number of carboxylic acids is 1. The predicted octanol–water partition coefficient (Wildman–Crippen LogP) is 0.463. The number of urea groups is 1. The van der Waals surface area contributed by atoms with Crippen LogP contribution in [-0.2, 0) is 16.1 Å². The molecule has 0 saturated carbocycles. The average Bonchev–Trinajstić information content (AvgIpc) is 3.04. The summed E-state index contributed by atoms with van der Waals surface area (Å²) >= 11 is 0. The molecule has 0 bridgehead atoms. The molecule has 0 radical (unpaired) electrons. The van der Waals surface area contributed by atoms with Gasteiger partial charge in [0.1, 0.15) is 11.2 Å². The van der Waals surface area contributed by atoms with E-state index in [0.29, 0.717) is 13.2 Å². The van der Waals surface area contributed by atoms with Crippen LogP contribution in [0.3, 0.4) is 0 Å². The first-order valence-electron chi connectivity index (χ1n) is 6.96. The van der Waals surface area contributed by atoms with E-state index in [9.17, 15) is 19.1 Å². The SMILES string of the molecule is O=C(NCc1ncccc1F)N1C[C@@H]2COC[C@]2(C(=O)O)C1. The molecule has 0 unspecified atom stereocenters. The molecule has 2 N–H and O–H groups in total. The van der Waals surface area contributed by atoms with Gasteiger partial charge in [-0.05, 0) is 12.1 Å². The number of aromatic nitrogens is 1. The van der Waals surface area contributed by atoms with Gasteiger partial charge in [0, 0.05) is 25.2 Å². The molecule has 118 valence electrons. The number of aliphatic carboxylic acids is 1. The first-order chi connectivity index (χ1) is 10.5. The number of amides is 2. The van der Waals surface area contributed by atoms with Crippen LogP contribution in [0.15, 0.2) is 18.3 Å². The van der Waals surface area contributed by atoms with Crippen molar-refractivity contribution >= 4 is 12.0 Å². The Hall–Kier alpha value is -2.22. The van der Waals surface area contributed by atoms with Crippen LogP contribution < -0.4 is 5.32 Å². The Morgan fingerprint density at radius 1 is 1.59 bits per heavy atom. The molecule has 2 atom stereocenters. The van der Waals surface area contributed by atoms with Crippen molar-refractivity contribution < 1.29 is 23.8 Å². The minimum Gasteiger partial charge on any atom is -0.481 e. The molecule has 8 heteroatoms. The second-order valence-corrected chi connectivity index (χ2v) is 5.64. The van der Waals surface area contributed by atoms with Crippen LogP contribution >= 0.6 is 0 Å². The van der Waals surface area contributed by atoms with Crippen molar-refractivity contribution in [3.63, 3.8) is 0 Å². The molecular formula is C14H16FN3O4. The van der Waals surface area contributed by atoms with Gasteiger partial charge in [0.05, 0.1) is 25.5 Å². The number of nitrogens with zero attached hydrogens (tertiary/aromatic N) is 2. The second-order valence-electron chi connectivity index (χ2n) is 5.64.